The first-order chi connectivity index (χ1) is 9.90. The van der Waals surface area contributed by atoms with Crippen molar-refractivity contribution in [2.45, 2.75) is 6.10 Å². The van der Waals surface area contributed by atoms with Crippen molar-refractivity contribution < 1.29 is 4.74 Å². The van der Waals surface area contributed by atoms with E-state index in [1.807, 2.05) is 42.5 Å². The van der Waals surface area contributed by atoms with Crippen LogP contribution in [-0.2, 0) is 0 Å². The van der Waals surface area contributed by atoms with E-state index in [0.717, 1.165) is 10.9 Å². The maximum Gasteiger partial charge on any atom is 0.214 e. The van der Waals surface area contributed by atoms with Gasteiger partial charge in [-0.15, -0.1) is 0 Å². The molecule has 96 valence electrons. The SMILES string of the molecule is C1=CC(Oc2ccc3ccccc3n2)c2ccccc21. The molecule has 4 rings (SSSR count). The van der Waals surface area contributed by atoms with Gasteiger partial charge in [0.05, 0.1) is 5.52 Å². The van der Waals surface area contributed by atoms with Crippen molar-refractivity contribution in [1.82, 2.24) is 4.98 Å². The molecule has 1 atom stereocenters. The zero-order valence-corrected chi connectivity index (χ0v) is 10.9. The van der Waals surface area contributed by atoms with E-state index in [2.05, 4.69) is 35.3 Å². The maximum absolute atomic E-state index is 6.01. The van der Waals surface area contributed by atoms with E-state index < -0.39 is 0 Å². The topological polar surface area (TPSA) is 22.1 Å². The van der Waals surface area contributed by atoms with Crippen molar-refractivity contribution in [3.8, 4) is 5.88 Å². The van der Waals surface area contributed by atoms with E-state index in [4.69, 9.17) is 4.74 Å². The predicted molar refractivity (Wildman–Crippen MR) is 80.6 cm³/mol. The van der Waals surface area contributed by atoms with Crippen LogP contribution in [0.4, 0.5) is 0 Å². The summed E-state index contributed by atoms with van der Waals surface area (Å²) in [5.41, 5.74) is 3.38. The zero-order chi connectivity index (χ0) is 13.4. The van der Waals surface area contributed by atoms with Gasteiger partial charge in [-0.25, -0.2) is 4.98 Å². The van der Waals surface area contributed by atoms with Gasteiger partial charge in [0.15, 0.2) is 0 Å². The molecule has 2 heteroatoms. The maximum atomic E-state index is 6.01. The van der Waals surface area contributed by atoms with Gasteiger partial charge in [0, 0.05) is 17.0 Å². The molecule has 1 aliphatic carbocycles. The summed E-state index contributed by atoms with van der Waals surface area (Å²) < 4.78 is 6.01. The third-order valence-corrected chi connectivity index (χ3v) is 3.57. The Morgan fingerprint density at radius 2 is 1.70 bits per heavy atom. The molecule has 0 amide bonds. The van der Waals surface area contributed by atoms with Crippen molar-refractivity contribution in [1.29, 1.82) is 0 Å². The molecule has 1 heterocycles. The highest BCUT2D eigenvalue weighted by Crippen LogP contribution is 2.31. The molecule has 0 saturated carbocycles. The van der Waals surface area contributed by atoms with Gasteiger partial charge >= 0.3 is 0 Å². The highest BCUT2D eigenvalue weighted by molar-refractivity contribution is 5.78. The Labute approximate surface area is 117 Å². The summed E-state index contributed by atoms with van der Waals surface area (Å²) in [6.07, 6.45) is 4.13. The Bertz CT molecular complexity index is 807. The van der Waals surface area contributed by atoms with Gasteiger partial charge in [-0.3, -0.25) is 0 Å². The second-order valence-corrected chi connectivity index (χ2v) is 4.87. The van der Waals surface area contributed by atoms with Crippen molar-refractivity contribution >= 4 is 17.0 Å². The molecule has 2 nitrogen and oxygen atoms in total. The fraction of sp³-hybridized carbons (Fsp3) is 0.0556. The molecule has 0 radical (unpaired) electrons. The lowest BCUT2D eigenvalue weighted by Gasteiger charge is -2.13. The van der Waals surface area contributed by atoms with Gasteiger partial charge in [0.25, 0.3) is 0 Å². The van der Waals surface area contributed by atoms with E-state index in [1.165, 1.54) is 11.1 Å². The number of ether oxygens (including phenoxy) is 1. The van der Waals surface area contributed by atoms with E-state index >= 15 is 0 Å². The van der Waals surface area contributed by atoms with Crippen LogP contribution < -0.4 is 4.74 Å². The standard InChI is InChI=1S/C18H13NO/c1-3-7-15-13(5-1)9-11-17(15)20-18-12-10-14-6-2-4-8-16(14)19-18/h1-12,17H. The van der Waals surface area contributed by atoms with Gasteiger partial charge in [-0.05, 0) is 23.8 Å². The van der Waals surface area contributed by atoms with Crippen LogP contribution in [0.1, 0.15) is 17.2 Å². The van der Waals surface area contributed by atoms with Gasteiger partial charge < -0.3 is 4.74 Å². The summed E-state index contributed by atoms with van der Waals surface area (Å²) in [7, 11) is 0. The van der Waals surface area contributed by atoms with E-state index in [1.54, 1.807) is 0 Å². The number of para-hydroxylation sites is 1. The lowest BCUT2D eigenvalue weighted by molar-refractivity contribution is 0.249. The molecule has 0 fully saturated rings. The Hall–Kier alpha value is -2.61. The number of hydrogen-bond donors (Lipinski definition) is 0. The number of hydrogen-bond acceptors (Lipinski definition) is 2. The second kappa shape index (κ2) is 4.49. The Morgan fingerprint density at radius 3 is 2.70 bits per heavy atom. The van der Waals surface area contributed by atoms with Crippen LogP contribution in [-0.4, -0.2) is 4.98 Å². The summed E-state index contributed by atoms with van der Waals surface area (Å²) in [6, 6.07) is 20.3. The number of benzene rings is 2. The average Bonchev–Trinajstić information content (AvgIpc) is 2.91. The largest absolute Gasteiger partial charge is 0.465 e. The minimum atomic E-state index is -0.0418. The van der Waals surface area contributed by atoms with Gasteiger partial charge in [0.1, 0.15) is 6.10 Å². The highest BCUT2D eigenvalue weighted by atomic mass is 16.5. The molecule has 2 aromatic carbocycles. The van der Waals surface area contributed by atoms with Gasteiger partial charge in [0.2, 0.25) is 5.88 Å². The van der Waals surface area contributed by atoms with E-state index in [0.29, 0.717) is 5.88 Å². The molecule has 20 heavy (non-hydrogen) atoms. The number of pyridine rings is 1. The Morgan fingerprint density at radius 1 is 0.850 bits per heavy atom. The summed E-state index contributed by atoms with van der Waals surface area (Å²) in [5, 5.41) is 1.13. The average molecular weight is 259 g/mol. The van der Waals surface area contributed by atoms with Crippen molar-refractivity contribution in [3.05, 3.63) is 77.9 Å². The highest BCUT2D eigenvalue weighted by Gasteiger charge is 2.18. The first-order valence-corrected chi connectivity index (χ1v) is 6.70. The van der Waals surface area contributed by atoms with Gasteiger partial charge in [-0.1, -0.05) is 48.5 Å². The van der Waals surface area contributed by atoms with Crippen LogP contribution in [0, 0.1) is 0 Å². The number of rotatable bonds is 2. The fourth-order valence-corrected chi connectivity index (χ4v) is 2.56. The third kappa shape index (κ3) is 1.86. The summed E-state index contributed by atoms with van der Waals surface area (Å²) in [5.74, 6) is 0.662. The molecule has 1 aromatic heterocycles. The van der Waals surface area contributed by atoms with Crippen molar-refractivity contribution in [2.24, 2.45) is 0 Å². The molecular weight excluding hydrogens is 246 g/mol. The molecular formula is C18H13NO. The van der Waals surface area contributed by atoms with Crippen LogP contribution in [0.25, 0.3) is 17.0 Å². The molecule has 0 aliphatic heterocycles. The minimum Gasteiger partial charge on any atom is -0.465 e. The number of aromatic nitrogens is 1. The third-order valence-electron chi connectivity index (χ3n) is 3.57. The Kier molecular flexibility index (Phi) is 2.52. The van der Waals surface area contributed by atoms with Crippen LogP contribution in [0.3, 0.4) is 0 Å². The molecule has 0 N–H and O–H groups in total. The van der Waals surface area contributed by atoms with Gasteiger partial charge in [-0.2, -0.15) is 0 Å². The quantitative estimate of drug-likeness (QED) is 0.681. The van der Waals surface area contributed by atoms with Crippen LogP contribution in [0.5, 0.6) is 5.88 Å². The summed E-state index contributed by atoms with van der Waals surface area (Å²) in [6.45, 7) is 0. The molecule has 3 aromatic rings. The molecule has 0 spiro atoms. The predicted octanol–water partition coefficient (Wildman–Crippen LogP) is 4.38. The molecule has 1 unspecified atom stereocenters. The van der Waals surface area contributed by atoms with Crippen molar-refractivity contribution in [3.63, 3.8) is 0 Å². The number of fused-ring (bicyclic) bond motifs is 2. The molecule has 0 bridgehead atoms. The van der Waals surface area contributed by atoms with E-state index in [-0.39, 0.29) is 6.10 Å². The Balaban J connectivity index is 1.67. The molecule has 0 saturated heterocycles. The zero-order valence-electron chi connectivity index (χ0n) is 10.9. The van der Waals surface area contributed by atoms with Crippen LogP contribution in [0.15, 0.2) is 66.7 Å². The second-order valence-electron chi connectivity index (χ2n) is 4.87. The summed E-state index contributed by atoms with van der Waals surface area (Å²) >= 11 is 0. The lowest BCUT2D eigenvalue weighted by Crippen LogP contribution is -2.03. The lowest BCUT2D eigenvalue weighted by atomic mass is 10.1. The van der Waals surface area contributed by atoms with Crippen LogP contribution >= 0.6 is 0 Å². The minimum absolute atomic E-state index is 0.0418. The normalized spacial score (nSPS) is 16.3. The molecule has 1 aliphatic rings. The van der Waals surface area contributed by atoms with Crippen LogP contribution in [0.2, 0.25) is 0 Å². The van der Waals surface area contributed by atoms with E-state index in [9.17, 15) is 0 Å². The number of nitrogens with zero attached hydrogens (tertiary/aromatic N) is 1. The van der Waals surface area contributed by atoms with Crippen molar-refractivity contribution in [2.75, 3.05) is 0 Å². The summed E-state index contributed by atoms with van der Waals surface area (Å²) in [4.78, 5) is 4.56. The first kappa shape index (κ1) is 11.2. The smallest absolute Gasteiger partial charge is 0.214 e. The monoisotopic (exact) mass is 259 g/mol. The first-order valence-electron chi connectivity index (χ1n) is 6.70. The fourth-order valence-electron chi connectivity index (χ4n) is 2.56.